The molecule has 7 heteroatoms. The molecule has 0 atom stereocenters. The van der Waals surface area contributed by atoms with Crippen molar-refractivity contribution in [2.24, 2.45) is 18.9 Å². The van der Waals surface area contributed by atoms with Crippen LogP contribution in [0.25, 0.3) is 11.2 Å². The smallest absolute Gasteiger partial charge is 0.332 e. The molecule has 21 heavy (non-hydrogen) atoms. The summed E-state index contributed by atoms with van der Waals surface area (Å²) in [5.74, 6) is 1.27. The van der Waals surface area contributed by atoms with E-state index in [1.807, 2.05) is 0 Å². The van der Waals surface area contributed by atoms with Crippen LogP contribution in [-0.4, -0.2) is 18.7 Å². The Hall–Kier alpha value is -2.05. The molecule has 7 nitrogen and oxygen atoms in total. The van der Waals surface area contributed by atoms with Gasteiger partial charge in [-0.1, -0.05) is 0 Å². The molecule has 0 amide bonds. The summed E-state index contributed by atoms with van der Waals surface area (Å²) in [4.78, 5) is 29.6. The Morgan fingerprint density at radius 1 is 1.10 bits per heavy atom. The van der Waals surface area contributed by atoms with Gasteiger partial charge in [0.1, 0.15) is 0 Å². The highest BCUT2D eigenvalue weighted by Crippen LogP contribution is 2.31. The van der Waals surface area contributed by atoms with E-state index >= 15 is 0 Å². The lowest BCUT2D eigenvalue weighted by Crippen LogP contribution is -2.41. The summed E-state index contributed by atoms with van der Waals surface area (Å²) in [6, 6.07) is 0. The normalized spacial score (nSPS) is 18.5. The number of hydrogen-bond donors (Lipinski definition) is 1. The van der Waals surface area contributed by atoms with Gasteiger partial charge in [0.2, 0.25) is 5.95 Å². The van der Waals surface area contributed by atoms with Crippen LogP contribution >= 0.6 is 0 Å². The number of imidazole rings is 1. The van der Waals surface area contributed by atoms with Gasteiger partial charge in [0.15, 0.2) is 11.2 Å². The maximum Gasteiger partial charge on any atom is 0.332 e. The zero-order chi connectivity index (χ0) is 14.7. The summed E-state index contributed by atoms with van der Waals surface area (Å²) in [5, 5.41) is 0. The third-order valence-electron chi connectivity index (χ3n) is 4.55. The predicted octanol–water partition coefficient (Wildman–Crippen LogP) is 0.299. The molecule has 0 unspecified atom stereocenters. The number of nitrogen functional groups attached to an aromatic ring is 1. The van der Waals surface area contributed by atoms with Crippen molar-refractivity contribution in [3.8, 4) is 0 Å². The highest BCUT2D eigenvalue weighted by atomic mass is 16.2. The van der Waals surface area contributed by atoms with Crippen LogP contribution in [0.4, 0.5) is 5.95 Å². The van der Waals surface area contributed by atoms with Crippen molar-refractivity contribution in [1.29, 1.82) is 0 Å². The van der Waals surface area contributed by atoms with E-state index in [4.69, 9.17) is 5.73 Å². The van der Waals surface area contributed by atoms with Gasteiger partial charge in [-0.25, -0.2) is 4.79 Å². The second kappa shape index (κ2) is 4.22. The van der Waals surface area contributed by atoms with E-state index in [1.165, 1.54) is 4.57 Å². The van der Waals surface area contributed by atoms with E-state index in [2.05, 4.69) is 4.98 Å². The largest absolute Gasteiger partial charge is 0.369 e. The van der Waals surface area contributed by atoms with Gasteiger partial charge in [0.25, 0.3) is 5.56 Å². The van der Waals surface area contributed by atoms with Crippen LogP contribution in [0.2, 0.25) is 0 Å². The summed E-state index contributed by atoms with van der Waals surface area (Å²) in [5.41, 5.74) is 6.22. The first-order valence-corrected chi connectivity index (χ1v) is 7.51. The van der Waals surface area contributed by atoms with Crippen molar-refractivity contribution in [2.45, 2.75) is 38.8 Å². The highest BCUT2D eigenvalue weighted by Gasteiger charge is 2.28. The highest BCUT2D eigenvalue weighted by molar-refractivity contribution is 5.73. The van der Waals surface area contributed by atoms with E-state index in [1.54, 1.807) is 16.2 Å². The Labute approximate surface area is 121 Å². The van der Waals surface area contributed by atoms with E-state index < -0.39 is 0 Å². The van der Waals surface area contributed by atoms with Crippen molar-refractivity contribution in [3.05, 3.63) is 20.8 Å². The zero-order valence-electron chi connectivity index (χ0n) is 12.1. The summed E-state index contributed by atoms with van der Waals surface area (Å²) in [7, 11) is 1.72. The van der Waals surface area contributed by atoms with Crippen LogP contribution in [-0.2, 0) is 20.1 Å². The monoisotopic (exact) mass is 289 g/mol. The van der Waals surface area contributed by atoms with Crippen LogP contribution in [0, 0.1) is 11.8 Å². The fourth-order valence-corrected chi connectivity index (χ4v) is 2.82. The van der Waals surface area contributed by atoms with Crippen LogP contribution in [0.15, 0.2) is 9.59 Å². The molecule has 2 aliphatic rings. The van der Waals surface area contributed by atoms with Crippen molar-refractivity contribution in [3.63, 3.8) is 0 Å². The molecule has 2 heterocycles. The maximum absolute atomic E-state index is 12.7. The standard InChI is InChI=1S/C14H19N5O2/c1-17-10-11(16-13(17)15)18(6-8-2-3-8)14(21)19(12(10)20)7-9-4-5-9/h8-9H,2-7H2,1H3,(H2,15,16). The topological polar surface area (TPSA) is 87.8 Å². The van der Waals surface area contributed by atoms with Gasteiger partial charge < -0.3 is 10.3 Å². The molecular weight excluding hydrogens is 270 g/mol. The van der Waals surface area contributed by atoms with Gasteiger partial charge in [0.05, 0.1) is 0 Å². The first-order chi connectivity index (χ1) is 10.1. The van der Waals surface area contributed by atoms with E-state index in [0.717, 1.165) is 25.7 Å². The molecular formula is C14H19N5O2. The fourth-order valence-electron chi connectivity index (χ4n) is 2.82. The van der Waals surface area contributed by atoms with Gasteiger partial charge in [-0.05, 0) is 37.5 Å². The van der Waals surface area contributed by atoms with Gasteiger partial charge in [-0.15, -0.1) is 0 Å². The molecule has 112 valence electrons. The Balaban J connectivity index is 2.00. The number of aromatic nitrogens is 4. The fraction of sp³-hybridized carbons (Fsp3) is 0.643. The molecule has 0 aromatic carbocycles. The van der Waals surface area contributed by atoms with Gasteiger partial charge >= 0.3 is 5.69 Å². The minimum Gasteiger partial charge on any atom is -0.369 e. The Bertz CT molecular complexity index is 836. The van der Waals surface area contributed by atoms with Crippen LogP contribution in [0.3, 0.4) is 0 Å². The van der Waals surface area contributed by atoms with Gasteiger partial charge in [-0.2, -0.15) is 4.98 Å². The van der Waals surface area contributed by atoms with E-state index in [9.17, 15) is 9.59 Å². The molecule has 2 aromatic heterocycles. The minimum atomic E-state index is -0.263. The second-order valence-corrected chi connectivity index (χ2v) is 6.40. The average Bonchev–Trinajstić information content (AvgIpc) is 3.34. The molecule has 0 bridgehead atoms. The number of hydrogen-bond acceptors (Lipinski definition) is 4. The Kier molecular flexibility index (Phi) is 2.55. The number of aryl methyl sites for hydroxylation is 1. The minimum absolute atomic E-state index is 0.232. The quantitative estimate of drug-likeness (QED) is 0.876. The maximum atomic E-state index is 12.7. The SMILES string of the molecule is Cn1c(N)nc2c1c(=O)n(CC1CC1)c(=O)n2CC1CC1. The molecule has 0 spiro atoms. The number of anilines is 1. The number of nitrogens with two attached hydrogens (primary N) is 1. The molecule has 2 aromatic rings. The molecule has 2 N–H and O–H groups in total. The van der Waals surface area contributed by atoms with E-state index in [-0.39, 0.29) is 17.2 Å². The van der Waals surface area contributed by atoms with Crippen molar-refractivity contribution in [2.75, 3.05) is 5.73 Å². The predicted molar refractivity (Wildman–Crippen MR) is 79.1 cm³/mol. The molecule has 2 saturated carbocycles. The molecule has 4 rings (SSSR count). The van der Waals surface area contributed by atoms with E-state index in [0.29, 0.717) is 36.1 Å². The van der Waals surface area contributed by atoms with Gasteiger partial charge in [-0.3, -0.25) is 13.9 Å². The van der Waals surface area contributed by atoms with Crippen LogP contribution < -0.4 is 17.0 Å². The zero-order valence-corrected chi connectivity index (χ0v) is 12.1. The van der Waals surface area contributed by atoms with Crippen molar-refractivity contribution < 1.29 is 0 Å². The Morgan fingerprint density at radius 2 is 1.67 bits per heavy atom. The summed E-state index contributed by atoms with van der Waals surface area (Å²) in [6.07, 6.45) is 4.47. The van der Waals surface area contributed by atoms with Crippen molar-refractivity contribution in [1.82, 2.24) is 18.7 Å². The first-order valence-electron chi connectivity index (χ1n) is 7.51. The molecule has 0 aliphatic heterocycles. The lowest BCUT2D eigenvalue weighted by Gasteiger charge is -2.11. The lowest BCUT2D eigenvalue weighted by molar-refractivity contribution is 0.519. The Morgan fingerprint density at radius 3 is 2.24 bits per heavy atom. The molecule has 0 saturated heterocycles. The number of fused-ring (bicyclic) bond motifs is 1. The summed E-state index contributed by atoms with van der Waals surface area (Å²) in [6.45, 7) is 1.15. The third kappa shape index (κ3) is 1.99. The average molecular weight is 289 g/mol. The molecule has 2 fully saturated rings. The number of rotatable bonds is 4. The summed E-state index contributed by atoms with van der Waals surface area (Å²) >= 11 is 0. The molecule has 2 aliphatic carbocycles. The first kappa shape index (κ1) is 12.7. The molecule has 0 radical (unpaired) electrons. The van der Waals surface area contributed by atoms with Crippen LogP contribution in [0.5, 0.6) is 0 Å². The lowest BCUT2D eigenvalue weighted by atomic mass is 10.3. The second-order valence-electron chi connectivity index (χ2n) is 6.40. The van der Waals surface area contributed by atoms with Crippen molar-refractivity contribution >= 4 is 17.1 Å². The van der Waals surface area contributed by atoms with Crippen LogP contribution in [0.1, 0.15) is 25.7 Å². The summed E-state index contributed by atoms with van der Waals surface area (Å²) < 4.78 is 4.61. The van der Waals surface area contributed by atoms with Gasteiger partial charge in [0, 0.05) is 20.1 Å². The number of nitrogens with zero attached hydrogens (tertiary/aromatic N) is 4. The third-order valence-corrected chi connectivity index (χ3v) is 4.55.